The lowest BCUT2D eigenvalue weighted by molar-refractivity contribution is 0.669. The van der Waals surface area contributed by atoms with Crippen molar-refractivity contribution in [2.45, 2.75) is 0 Å². The van der Waals surface area contributed by atoms with Gasteiger partial charge in [0.2, 0.25) is 0 Å². The fraction of sp³-hybridized carbons (Fsp3) is 0. The summed E-state index contributed by atoms with van der Waals surface area (Å²) >= 11 is 0. The molecule has 11 aromatic rings. The molecular weight excluding hydrogens is 593 g/mol. The third-order valence-electron chi connectivity index (χ3n) is 8.51. The highest BCUT2D eigenvalue weighted by Gasteiger charge is 2.20. The van der Waals surface area contributed by atoms with Crippen molar-refractivity contribution in [3.05, 3.63) is 169 Å². The zero-order chi connectivity index (χ0) is 56.4. The maximum Gasteiger partial charge on any atom is 0.136 e. The molecule has 1 heterocycles. The van der Waals surface area contributed by atoms with E-state index in [-0.39, 0.29) is 0 Å². The lowest BCUT2D eigenvalue weighted by Gasteiger charge is -2.20. The summed E-state index contributed by atoms with van der Waals surface area (Å²) in [4.78, 5) is 0. The summed E-state index contributed by atoms with van der Waals surface area (Å²) in [6.07, 6.45) is 0. The molecule has 10 aromatic carbocycles. The molecule has 0 aliphatic heterocycles. The van der Waals surface area contributed by atoms with E-state index in [2.05, 4.69) is 0 Å². The average Bonchev–Trinajstić information content (AvgIpc) is 4.01. The Hall–Kier alpha value is -6.44. The summed E-state index contributed by atoms with van der Waals surface area (Å²) in [6, 6.07) is -25.4. The topological polar surface area (TPSA) is 13.1 Å². The Morgan fingerprint density at radius 3 is 1.49 bits per heavy atom. The van der Waals surface area contributed by atoms with Crippen LogP contribution in [0, 0.1) is 0 Å². The molecule has 1 aromatic heterocycles. The van der Waals surface area contributed by atoms with Crippen LogP contribution in [0.5, 0.6) is 0 Å². The molecular formula is C48H28O. The van der Waals surface area contributed by atoms with Gasteiger partial charge in [-0.25, -0.2) is 0 Å². The van der Waals surface area contributed by atoms with E-state index in [0.29, 0.717) is 0 Å². The van der Waals surface area contributed by atoms with Crippen molar-refractivity contribution >= 4 is 86.6 Å². The summed E-state index contributed by atoms with van der Waals surface area (Å²) < 4.78 is 262. The third-order valence-corrected chi connectivity index (χ3v) is 8.51. The van der Waals surface area contributed by atoms with Gasteiger partial charge in [0.1, 0.15) is 11.2 Å². The molecule has 11 rings (SSSR count). The van der Waals surface area contributed by atoms with E-state index in [0.717, 1.165) is 0 Å². The largest absolute Gasteiger partial charge is 0.456 e. The van der Waals surface area contributed by atoms with Gasteiger partial charge in [0.25, 0.3) is 0 Å². The van der Waals surface area contributed by atoms with Crippen molar-refractivity contribution in [3.63, 3.8) is 0 Å². The molecule has 0 amide bonds. The number of benzene rings is 10. The Labute approximate surface area is 321 Å². The van der Waals surface area contributed by atoms with Gasteiger partial charge in [-0.1, -0.05) is 145 Å². The Bertz CT molecular complexity index is 4690. The highest BCUT2D eigenvalue weighted by atomic mass is 16.3. The normalized spacial score (nSPS) is 20.1. The minimum atomic E-state index is -1.03. The summed E-state index contributed by atoms with van der Waals surface area (Å²) in [5.41, 5.74) is -4.21. The minimum Gasteiger partial charge on any atom is -0.456 e. The first-order valence-corrected chi connectivity index (χ1v) is 14.7. The predicted molar refractivity (Wildman–Crippen MR) is 210 cm³/mol. The highest BCUT2D eigenvalue weighted by molar-refractivity contribution is 6.29. The maximum absolute atomic E-state index is 10.1. The quantitative estimate of drug-likeness (QED) is 0.134. The van der Waals surface area contributed by atoms with Crippen molar-refractivity contribution in [1.82, 2.24) is 0 Å². The van der Waals surface area contributed by atoms with Gasteiger partial charge < -0.3 is 4.42 Å². The van der Waals surface area contributed by atoms with Crippen LogP contribution >= 0.6 is 0 Å². The molecule has 49 heavy (non-hydrogen) atoms. The van der Waals surface area contributed by atoms with Gasteiger partial charge in [-0.2, -0.15) is 0 Å². The van der Waals surface area contributed by atoms with Gasteiger partial charge in [0.15, 0.2) is 0 Å². The SMILES string of the molecule is [2H]c1c(-c2c3c([2H])c([2H])c([2H])c([2H])c3c(-c3c([2H])c4c([2H])c([2H])c5c([2H])c([2H])c([2H])c([2H])c5c4c4c([2H])c([2H])c([2H])c([2H])c34)c3c([2H])c([2H])c([2H])c([2H])c23)c([2H])c2c(oc3c([2H])c([2H])c4c([2H])c([2H])c([2H])c([2H])c4c32)c1[2H]. The van der Waals surface area contributed by atoms with Crippen molar-refractivity contribution in [2.24, 2.45) is 0 Å². The Morgan fingerprint density at radius 2 is 0.816 bits per heavy atom. The van der Waals surface area contributed by atoms with Crippen LogP contribution in [0.2, 0.25) is 0 Å². The number of rotatable bonds is 2. The number of furan rings is 1. The number of hydrogen-bond donors (Lipinski definition) is 0. The standard InChI is InChI=1S/C48H28O/c1-3-13-33-29(11-1)21-22-31-27-41(35-15-5-6-16-36(35)45(31)33)47-39-19-9-7-17-37(39)46(38-18-8-10-20-40(38)47)32-24-25-43-42(28-32)48-34-14-4-2-12-30(34)23-26-44(48)49-43/h1-28H/i1D,2D,3D,4D,5D,6D,7D,8D,9D,10D,11D,12D,13D,14D,15D,16D,17D,18D,19D,20D,21D,22D,23D,24D,25D,26D,27D,28D. The molecule has 0 saturated carbocycles. The van der Waals surface area contributed by atoms with Gasteiger partial charge in [-0.05, 0) is 111 Å². The highest BCUT2D eigenvalue weighted by Crippen LogP contribution is 2.48. The number of fused-ring (bicyclic) bond motifs is 12. The molecule has 0 atom stereocenters. The van der Waals surface area contributed by atoms with E-state index >= 15 is 0 Å². The second-order valence-corrected chi connectivity index (χ2v) is 11.0. The van der Waals surface area contributed by atoms with Gasteiger partial charge in [-0.15, -0.1) is 0 Å². The Kier molecular flexibility index (Phi) is 2.32. The summed E-state index contributed by atoms with van der Waals surface area (Å²) in [5.74, 6) is 0. The Balaban J connectivity index is 1.50. The van der Waals surface area contributed by atoms with E-state index in [9.17, 15) is 15.1 Å². The van der Waals surface area contributed by atoms with Crippen LogP contribution in [0.1, 0.15) is 38.4 Å². The molecule has 0 bridgehead atoms. The summed E-state index contributed by atoms with van der Waals surface area (Å²) in [6.45, 7) is 0. The molecule has 0 spiro atoms. The van der Waals surface area contributed by atoms with E-state index < -0.39 is 278 Å². The van der Waals surface area contributed by atoms with Crippen LogP contribution in [0.3, 0.4) is 0 Å². The van der Waals surface area contributed by atoms with Crippen LogP contribution in [-0.4, -0.2) is 0 Å². The molecule has 0 saturated heterocycles. The maximum atomic E-state index is 10.1. The lowest BCUT2D eigenvalue weighted by Crippen LogP contribution is -1.92. The van der Waals surface area contributed by atoms with Crippen LogP contribution in [-0.2, 0) is 0 Å². The second kappa shape index (κ2) is 10.0. The van der Waals surface area contributed by atoms with E-state index in [1.807, 2.05) is 0 Å². The molecule has 226 valence electrons. The van der Waals surface area contributed by atoms with E-state index in [4.69, 9.17) is 27.7 Å². The van der Waals surface area contributed by atoms with Crippen molar-refractivity contribution in [2.75, 3.05) is 0 Å². The smallest absolute Gasteiger partial charge is 0.136 e. The van der Waals surface area contributed by atoms with E-state index in [1.54, 1.807) is 0 Å². The number of hydrogen-bond acceptors (Lipinski definition) is 1. The first kappa shape index (κ1) is 11.3. The second-order valence-electron chi connectivity index (χ2n) is 11.0. The minimum absolute atomic E-state index is 0.412. The fourth-order valence-electron chi connectivity index (χ4n) is 6.52. The zero-order valence-electron chi connectivity index (χ0n) is 52.4. The molecule has 0 aliphatic carbocycles. The molecule has 1 nitrogen and oxygen atoms in total. The van der Waals surface area contributed by atoms with Crippen LogP contribution in [0.15, 0.2) is 174 Å². The third kappa shape index (κ3) is 3.76. The monoisotopic (exact) mass is 648 g/mol. The lowest BCUT2D eigenvalue weighted by atomic mass is 9.83. The van der Waals surface area contributed by atoms with Gasteiger partial charge in [-0.3, -0.25) is 0 Å². The average molecular weight is 649 g/mol. The van der Waals surface area contributed by atoms with Gasteiger partial charge >= 0.3 is 0 Å². The van der Waals surface area contributed by atoms with Crippen molar-refractivity contribution in [1.29, 1.82) is 0 Å². The molecule has 0 aliphatic rings. The fourth-order valence-corrected chi connectivity index (χ4v) is 6.52. The van der Waals surface area contributed by atoms with Crippen LogP contribution in [0.4, 0.5) is 0 Å². The van der Waals surface area contributed by atoms with Crippen LogP contribution < -0.4 is 0 Å². The molecule has 0 unspecified atom stereocenters. The molecule has 0 radical (unpaired) electrons. The van der Waals surface area contributed by atoms with E-state index in [1.165, 1.54) is 0 Å². The molecule has 1 heteroatoms. The summed E-state index contributed by atoms with van der Waals surface area (Å²) in [7, 11) is 0. The van der Waals surface area contributed by atoms with Crippen molar-refractivity contribution in [3.8, 4) is 22.3 Å². The molecule has 0 fully saturated rings. The van der Waals surface area contributed by atoms with Crippen LogP contribution in [0.25, 0.3) is 109 Å². The first-order valence-electron chi connectivity index (χ1n) is 28.7. The van der Waals surface area contributed by atoms with Crippen molar-refractivity contribution < 1.29 is 42.8 Å². The molecule has 0 N–H and O–H groups in total. The predicted octanol–water partition coefficient (Wildman–Crippen LogP) is 13.8. The first-order chi connectivity index (χ1) is 36.0. The Morgan fingerprint density at radius 1 is 0.327 bits per heavy atom. The zero-order valence-corrected chi connectivity index (χ0v) is 24.4. The van der Waals surface area contributed by atoms with Gasteiger partial charge in [0, 0.05) is 10.8 Å². The summed E-state index contributed by atoms with van der Waals surface area (Å²) in [5, 5.41) is -8.53. The van der Waals surface area contributed by atoms with Gasteiger partial charge in [0.05, 0.1) is 38.4 Å².